The predicted octanol–water partition coefficient (Wildman–Crippen LogP) is 0.610. The van der Waals surface area contributed by atoms with Crippen molar-refractivity contribution in [3.63, 3.8) is 0 Å². The van der Waals surface area contributed by atoms with Gasteiger partial charge in [0.15, 0.2) is 0 Å². The van der Waals surface area contributed by atoms with Crippen molar-refractivity contribution in [2.24, 2.45) is 0 Å². The number of ether oxygens (including phenoxy) is 1. The van der Waals surface area contributed by atoms with E-state index < -0.39 is 24.0 Å². The molecule has 102 valence electrons. The van der Waals surface area contributed by atoms with Crippen LogP contribution in [0, 0.1) is 0 Å². The molecule has 1 aliphatic rings. The minimum absolute atomic E-state index is 0.0461. The van der Waals surface area contributed by atoms with Crippen LogP contribution in [0.3, 0.4) is 0 Å². The Morgan fingerprint density at radius 3 is 2.61 bits per heavy atom. The number of barbiturate groups is 1. The fourth-order valence-corrected chi connectivity index (χ4v) is 1.47. The number of imide groups is 2. The molecule has 1 rings (SSSR count). The summed E-state index contributed by atoms with van der Waals surface area (Å²) < 4.78 is 18.3. The average Bonchev–Trinajstić information content (AvgIpc) is 2.34. The number of alkyl halides is 1. The lowest BCUT2D eigenvalue weighted by Crippen LogP contribution is -2.59. The van der Waals surface area contributed by atoms with E-state index in [1.807, 2.05) is 6.92 Å². The highest BCUT2D eigenvalue weighted by Gasteiger charge is 2.40. The first-order valence-corrected chi connectivity index (χ1v) is 5.96. The van der Waals surface area contributed by atoms with Gasteiger partial charge < -0.3 is 4.74 Å². The normalized spacial score (nSPS) is 20.2. The molecular formula is C11H17FN2O4. The summed E-state index contributed by atoms with van der Waals surface area (Å²) in [6.45, 7) is 3.10. The smallest absolute Gasteiger partial charge is 0.330 e. The number of rotatable bonds is 7. The molecule has 1 N–H and O–H groups in total. The Kier molecular flexibility index (Phi) is 5.70. The molecule has 0 radical (unpaired) electrons. The van der Waals surface area contributed by atoms with Crippen LogP contribution in [0.5, 0.6) is 0 Å². The van der Waals surface area contributed by atoms with Gasteiger partial charge in [-0.3, -0.25) is 19.8 Å². The van der Waals surface area contributed by atoms with Crippen LogP contribution < -0.4 is 5.32 Å². The molecule has 0 bridgehead atoms. The van der Waals surface area contributed by atoms with E-state index in [-0.39, 0.29) is 6.54 Å². The molecule has 1 saturated heterocycles. The predicted molar refractivity (Wildman–Crippen MR) is 60.5 cm³/mol. The van der Waals surface area contributed by atoms with Gasteiger partial charge in [0, 0.05) is 19.8 Å². The zero-order chi connectivity index (χ0) is 13.5. The summed E-state index contributed by atoms with van der Waals surface area (Å²) in [6, 6.07) is -0.868. The van der Waals surface area contributed by atoms with Gasteiger partial charge in [0.05, 0.1) is 0 Å². The van der Waals surface area contributed by atoms with E-state index in [2.05, 4.69) is 0 Å². The molecule has 1 fully saturated rings. The number of nitrogens with one attached hydrogen (secondary N) is 1. The van der Waals surface area contributed by atoms with Gasteiger partial charge in [0.2, 0.25) is 0 Å². The Labute approximate surface area is 104 Å². The topological polar surface area (TPSA) is 75.7 Å². The van der Waals surface area contributed by atoms with Crippen molar-refractivity contribution in [1.29, 1.82) is 0 Å². The highest BCUT2D eigenvalue weighted by molar-refractivity contribution is 6.17. The Balaban J connectivity index is 2.30. The fraction of sp³-hybridized carbons (Fsp3) is 0.727. The van der Waals surface area contributed by atoms with E-state index in [4.69, 9.17) is 4.74 Å². The maximum Gasteiger partial charge on any atom is 0.330 e. The summed E-state index contributed by atoms with van der Waals surface area (Å²) in [7, 11) is 0. The monoisotopic (exact) mass is 260 g/mol. The first-order valence-electron chi connectivity index (χ1n) is 5.96. The molecule has 1 atom stereocenters. The van der Waals surface area contributed by atoms with Gasteiger partial charge >= 0.3 is 6.03 Å². The zero-order valence-electron chi connectivity index (χ0n) is 10.3. The van der Waals surface area contributed by atoms with E-state index in [1.165, 1.54) is 0 Å². The van der Waals surface area contributed by atoms with Gasteiger partial charge in [0.1, 0.15) is 0 Å². The summed E-state index contributed by atoms with van der Waals surface area (Å²) in [5.41, 5.74) is 0. The molecule has 0 aromatic heterocycles. The number of nitrogens with zero attached hydrogens (tertiary/aromatic N) is 1. The fourth-order valence-electron chi connectivity index (χ4n) is 1.47. The molecule has 0 aliphatic carbocycles. The highest BCUT2D eigenvalue weighted by atomic mass is 19.1. The lowest BCUT2D eigenvalue weighted by Gasteiger charge is -2.26. The number of amides is 4. The molecule has 1 unspecified atom stereocenters. The van der Waals surface area contributed by atoms with Crippen LogP contribution in [-0.4, -0.2) is 48.7 Å². The molecule has 4 amide bonds. The van der Waals surface area contributed by atoms with Crippen LogP contribution in [0.1, 0.15) is 26.2 Å². The van der Waals surface area contributed by atoms with E-state index in [0.717, 1.165) is 12.8 Å². The summed E-state index contributed by atoms with van der Waals surface area (Å²) in [6.07, 6.45) is 0.107. The van der Waals surface area contributed by atoms with E-state index in [1.54, 1.807) is 5.32 Å². The third-order valence-electron chi connectivity index (χ3n) is 2.50. The molecule has 1 aliphatic heterocycles. The number of carbonyl (C=O) groups is 3. The van der Waals surface area contributed by atoms with Crippen LogP contribution >= 0.6 is 0 Å². The quantitative estimate of drug-likeness (QED) is 0.537. The summed E-state index contributed by atoms with van der Waals surface area (Å²) in [5, 5.41) is 1.78. The molecule has 0 aromatic rings. The molecule has 18 heavy (non-hydrogen) atoms. The summed E-state index contributed by atoms with van der Waals surface area (Å²) in [4.78, 5) is 34.2. The van der Waals surface area contributed by atoms with E-state index in [9.17, 15) is 18.8 Å². The third-order valence-corrected chi connectivity index (χ3v) is 2.50. The lowest BCUT2D eigenvalue weighted by atomic mass is 10.2. The third kappa shape index (κ3) is 3.76. The Morgan fingerprint density at radius 2 is 1.94 bits per heavy atom. The van der Waals surface area contributed by atoms with E-state index >= 15 is 0 Å². The Hall–Kier alpha value is -1.50. The van der Waals surface area contributed by atoms with Crippen LogP contribution in [-0.2, 0) is 14.3 Å². The van der Waals surface area contributed by atoms with E-state index in [0.29, 0.717) is 24.5 Å². The summed E-state index contributed by atoms with van der Waals surface area (Å²) in [5.74, 6) is -2.29. The second kappa shape index (κ2) is 7.05. The van der Waals surface area contributed by atoms with Gasteiger partial charge in [-0.05, 0) is 12.8 Å². The number of hydrogen-bond donors (Lipinski definition) is 1. The largest absolute Gasteiger partial charge is 0.381 e. The number of urea groups is 1. The standard InChI is InChI=1S/C11H17FN2O4/c1-2-3-6-18-7-4-5-14-10(16)8(12)9(15)13-11(14)17/h8H,2-7H2,1H3,(H,13,15,17). The minimum Gasteiger partial charge on any atom is -0.381 e. The van der Waals surface area contributed by atoms with Crippen molar-refractivity contribution in [3.8, 4) is 0 Å². The summed E-state index contributed by atoms with van der Waals surface area (Å²) >= 11 is 0. The van der Waals surface area contributed by atoms with Gasteiger partial charge in [-0.15, -0.1) is 0 Å². The SMILES string of the molecule is CCCCOCCCN1C(=O)NC(=O)C(F)C1=O. The van der Waals surface area contributed by atoms with Crippen LogP contribution in [0.25, 0.3) is 0 Å². The Bertz CT molecular complexity index is 335. The number of unbranched alkanes of at least 4 members (excludes halogenated alkanes) is 1. The van der Waals surface area contributed by atoms with Crippen molar-refractivity contribution in [3.05, 3.63) is 0 Å². The molecule has 1 heterocycles. The second-order valence-corrected chi connectivity index (χ2v) is 3.97. The molecular weight excluding hydrogens is 243 g/mol. The maximum atomic E-state index is 13.1. The van der Waals surface area contributed by atoms with Gasteiger partial charge in [-0.1, -0.05) is 13.3 Å². The van der Waals surface area contributed by atoms with Crippen LogP contribution in [0.15, 0.2) is 0 Å². The van der Waals surface area contributed by atoms with Crippen molar-refractivity contribution in [2.75, 3.05) is 19.8 Å². The van der Waals surface area contributed by atoms with Crippen LogP contribution in [0.4, 0.5) is 9.18 Å². The molecule has 7 heteroatoms. The first-order chi connectivity index (χ1) is 8.57. The van der Waals surface area contributed by atoms with Gasteiger partial charge in [0.25, 0.3) is 18.0 Å². The maximum absolute atomic E-state index is 13.1. The number of halogens is 1. The lowest BCUT2D eigenvalue weighted by molar-refractivity contribution is -0.143. The number of hydrogen-bond acceptors (Lipinski definition) is 4. The van der Waals surface area contributed by atoms with Crippen molar-refractivity contribution < 1.29 is 23.5 Å². The number of carbonyl (C=O) groups excluding carboxylic acids is 3. The van der Waals surface area contributed by atoms with Gasteiger partial charge in [-0.2, -0.15) is 0 Å². The highest BCUT2D eigenvalue weighted by Crippen LogP contribution is 2.07. The zero-order valence-corrected chi connectivity index (χ0v) is 10.3. The van der Waals surface area contributed by atoms with Crippen molar-refractivity contribution in [2.45, 2.75) is 32.4 Å². The van der Waals surface area contributed by atoms with Gasteiger partial charge in [-0.25, -0.2) is 9.18 Å². The second-order valence-electron chi connectivity index (χ2n) is 3.97. The molecule has 0 spiro atoms. The first kappa shape index (κ1) is 14.6. The van der Waals surface area contributed by atoms with Crippen molar-refractivity contribution >= 4 is 17.8 Å². The molecule has 0 saturated carbocycles. The Morgan fingerprint density at radius 1 is 1.28 bits per heavy atom. The average molecular weight is 260 g/mol. The van der Waals surface area contributed by atoms with Crippen LogP contribution in [0.2, 0.25) is 0 Å². The minimum atomic E-state index is -2.29. The van der Waals surface area contributed by atoms with Crippen molar-refractivity contribution in [1.82, 2.24) is 10.2 Å². The molecule has 6 nitrogen and oxygen atoms in total. The molecule has 0 aromatic carbocycles.